The second-order valence-corrected chi connectivity index (χ2v) is 15.0. The molecule has 45 heavy (non-hydrogen) atoms. The van der Waals surface area contributed by atoms with Crippen LogP contribution in [0.15, 0.2) is 0 Å². The molecule has 11 nitrogen and oxygen atoms in total. The first-order valence-corrected chi connectivity index (χ1v) is 20.7. The number of hydrogen-bond acceptors (Lipinski definition) is 9. The first kappa shape index (κ1) is 44.6. The maximum Gasteiger partial charge on any atom is 0.264 e. The van der Waals surface area contributed by atoms with E-state index in [0.29, 0.717) is 13.2 Å². The maximum atomic E-state index is 11.0. The van der Waals surface area contributed by atoms with Gasteiger partial charge in [-0.1, -0.05) is 104 Å². The molecule has 0 heterocycles. The lowest BCUT2D eigenvalue weighted by molar-refractivity contribution is -0.0949. The van der Waals surface area contributed by atoms with Gasteiger partial charge in [-0.15, -0.1) is 0 Å². The summed E-state index contributed by atoms with van der Waals surface area (Å²) < 4.78 is 91.3. The van der Waals surface area contributed by atoms with Crippen LogP contribution in [0.2, 0.25) is 0 Å². The van der Waals surface area contributed by atoms with Crippen LogP contribution in [0, 0.1) is 0 Å². The van der Waals surface area contributed by atoms with E-state index in [1.807, 2.05) is 0 Å². The van der Waals surface area contributed by atoms with Crippen molar-refractivity contribution in [2.24, 2.45) is 0 Å². The average molecular weight is 691 g/mol. The molecule has 0 aliphatic heterocycles. The van der Waals surface area contributed by atoms with Crippen molar-refractivity contribution in [3.8, 4) is 0 Å². The molecule has 0 fully saturated rings. The normalized spacial score (nSPS) is 13.8. The minimum atomic E-state index is -4.06. The van der Waals surface area contributed by atoms with Crippen LogP contribution in [0.25, 0.3) is 0 Å². The van der Waals surface area contributed by atoms with Crippen LogP contribution in [-0.2, 0) is 43.9 Å². The van der Waals surface area contributed by atoms with Gasteiger partial charge in [0.05, 0.1) is 37.9 Å². The van der Waals surface area contributed by atoms with E-state index in [1.54, 1.807) is 0 Å². The molecule has 0 amide bonds. The summed E-state index contributed by atoms with van der Waals surface area (Å²) in [7, 11) is -8.11. The molecule has 2 N–H and O–H groups in total. The highest BCUT2D eigenvalue weighted by molar-refractivity contribution is 7.86. The van der Waals surface area contributed by atoms with Gasteiger partial charge in [-0.25, -0.2) is 0 Å². The summed E-state index contributed by atoms with van der Waals surface area (Å²) in [6, 6.07) is 0. The molecule has 0 aliphatic rings. The minimum Gasteiger partial charge on any atom is -0.379 e. The SMILES string of the molecule is CCCCCCCCCCOCC(COCC(COCCCCCCCCCC)OCCCS(=O)(=O)O)OCCCS(=O)(=O)O. The van der Waals surface area contributed by atoms with Crippen molar-refractivity contribution in [3.05, 3.63) is 0 Å². The Morgan fingerprint density at radius 1 is 0.422 bits per heavy atom. The molecule has 0 aromatic carbocycles. The molecule has 13 heteroatoms. The van der Waals surface area contributed by atoms with Gasteiger partial charge in [0, 0.05) is 26.4 Å². The van der Waals surface area contributed by atoms with Crippen molar-refractivity contribution in [1.82, 2.24) is 0 Å². The van der Waals surface area contributed by atoms with Gasteiger partial charge in [-0.05, 0) is 25.7 Å². The lowest BCUT2D eigenvalue weighted by atomic mass is 10.1. The Balaban J connectivity index is 4.60. The molecular weight excluding hydrogens is 624 g/mol. The van der Waals surface area contributed by atoms with E-state index in [1.165, 1.54) is 77.0 Å². The summed E-state index contributed by atoms with van der Waals surface area (Å²) in [5.41, 5.74) is 0. The number of rotatable bonds is 36. The first-order chi connectivity index (χ1) is 21.6. The topological polar surface area (TPSA) is 155 Å². The van der Waals surface area contributed by atoms with Crippen LogP contribution in [0.1, 0.15) is 129 Å². The molecule has 0 spiro atoms. The fourth-order valence-electron chi connectivity index (χ4n) is 4.71. The third-order valence-electron chi connectivity index (χ3n) is 7.30. The van der Waals surface area contributed by atoms with Gasteiger partial charge in [0.2, 0.25) is 0 Å². The minimum absolute atomic E-state index is 0.131. The van der Waals surface area contributed by atoms with Crippen molar-refractivity contribution < 1.29 is 49.6 Å². The lowest BCUT2D eigenvalue weighted by Crippen LogP contribution is -2.32. The molecule has 0 radical (unpaired) electrons. The second-order valence-electron chi connectivity index (χ2n) is 11.9. The summed E-state index contributed by atoms with van der Waals surface area (Å²) in [5.74, 6) is -0.759. The fraction of sp³-hybridized carbons (Fsp3) is 1.00. The standard InChI is InChI=1S/C32H66O11S2/c1-3-5-7-9-11-13-15-17-21-39-27-31(42-23-19-25-44(33,34)35)29-41-30-32(43-24-20-26-45(36,37)38)28-40-22-18-16-14-12-10-8-6-4-2/h31-32H,3-30H2,1-2H3,(H,33,34,35)(H,36,37,38). The second kappa shape index (κ2) is 30.9. The van der Waals surface area contributed by atoms with Gasteiger partial charge in [-0.2, -0.15) is 16.8 Å². The fourth-order valence-corrected chi connectivity index (χ4v) is 5.67. The van der Waals surface area contributed by atoms with Crippen LogP contribution in [0.5, 0.6) is 0 Å². The van der Waals surface area contributed by atoms with E-state index < -0.39 is 32.4 Å². The van der Waals surface area contributed by atoms with Crippen molar-refractivity contribution in [2.75, 3.05) is 64.4 Å². The number of ether oxygens (including phenoxy) is 5. The molecular formula is C32H66O11S2. The van der Waals surface area contributed by atoms with E-state index in [2.05, 4.69) is 13.8 Å². The highest BCUT2D eigenvalue weighted by atomic mass is 32.2. The molecule has 0 aliphatic carbocycles. The smallest absolute Gasteiger partial charge is 0.264 e. The van der Waals surface area contributed by atoms with E-state index in [-0.39, 0.29) is 64.0 Å². The van der Waals surface area contributed by atoms with Crippen LogP contribution < -0.4 is 0 Å². The van der Waals surface area contributed by atoms with Crippen molar-refractivity contribution in [3.63, 3.8) is 0 Å². The van der Waals surface area contributed by atoms with Gasteiger partial charge < -0.3 is 23.7 Å². The molecule has 0 aromatic heterocycles. The van der Waals surface area contributed by atoms with Gasteiger partial charge in [0.25, 0.3) is 20.2 Å². The molecule has 0 saturated heterocycles. The van der Waals surface area contributed by atoms with Gasteiger partial charge in [0.15, 0.2) is 0 Å². The van der Waals surface area contributed by atoms with Crippen molar-refractivity contribution >= 4 is 20.2 Å². The molecule has 272 valence electrons. The zero-order chi connectivity index (χ0) is 33.5. The summed E-state index contributed by atoms with van der Waals surface area (Å²) in [6.07, 6.45) is 18.7. The van der Waals surface area contributed by atoms with E-state index in [0.717, 1.165) is 25.7 Å². The van der Waals surface area contributed by atoms with Gasteiger partial charge in [-0.3, -0.25) is 9.11 Å². The quantitative estimate of drug-likeness (QED) is 0.0537. The maximum absolute atomic E-state index is 11.0. The van der Waals surface area contributed by atoms with E-state index >= 15 is 0 Å². The Morgan fingerprint density at radius 2 is 0.733 bits per heavy atom. The first-order valence-electron chi connectivity index (χ1n) is 17.4. The third-order valence-corrected chi connectivity index (χ3v) is 8.91. The zero-order valence-electron chi connectivity index (χ0n) is 28.3. The monoisotopic (exact) mass is 690 g/mol. The molecule has 0 bridgehead atoms. The molecule has 0 saturated carbocycles. The Kier molecular flexibility index (Phi) is 30.7. The number of unbranched alkanes of at least 4 members (excludes halogenated alkanes) is 14. The molecule has 2 unspecified atom stereocenters. The Bertz CT molecular complexity index is 770. The van der Waals surface area contributed by atoms with Crippen LogP contribution in [0.4, 0.5) is 0 Å². The summed E-state index contributed by atoms with van der Waals surface area (Å²) in [4.78, 5) is 0. The van der Waals surface area contributed by atoms with Crippen LogP contribution in [-0.4, -0.2) is 103 Å². The van der Waals surface area contributed by atoms with Crippen molar-refractivity contribution in [1.29, 1.82) is 0 Å². The average Bonchev–Trinajstić information content (AvgIpc) is 2.97. The van der Waals surface area contributed by atoms with E-state index in [4.69, 9.17) is 32.8 Å². The Hall–Kier alpha value is -0.380. The zero-order valence-corrected chi connectivity index (χ0v) is 30.0. The van der Waals surface area contributed by atoms with Crippen LogP contribution >= 0.6 is 0 Å². The van der Waals surface area contributed by atoms with Crippen molar-refractivity contribution in [2.45, 2.75) is 142 Å². The number of hydrogen-bond donors (Lipinski definition) is 2. The highest BCUT2D eigenvalue weighted by Crippen LogP contribution is 2.10. The largest absolute Gasteiger partial charge is 0.379 e. The summed E-state index contributed by atoms with van der Waals surface area (Å²) in [5, 5.41) is 0. The molecule has 2 atom stereocenters. The Morgan fingerprint density at radius 3 is 1.07 bits per heavy atom. The lowest BCUT2D eigenvalue weighted by Gasteiger charge is -2.22. The summed E-state index contributed by atoms with van der Waals surface area (Å²) in [6.45, 7) is 6.85. The summed E-state index contributed by atoms with van der Waals surface area (Å²) >= 11 is 0. The molecule has 0 rings (SSSR count). The third kappa shape index (κ3) is 36.3. The predicted molar refractivity (Wildman–Crippen MR) is 179 cm³/mol. The Labute approximate surface area is 275 Å². The molecule has 0 aromatic rings. The van der Waals surface area contributed by atoms with Gasteiger partial charge >= 0.3 is 0 Å². The predicted octanol–water partition coefficient (Wildman–Crippen LogP) is 6.64. The van der Waals surface area contributed by atoms with E-state index in [9.17, 15) is 16.8 Å². The highest BCUT2D eigenvalue weighted by Gasteiger charge is 2.16. The van der Waals surface area contributed by atoms with Crippen LogP contribution in [0.3, 0.4) is 0 Å². The van der Waals surface area contributed by atoms with Gasteiger partial charge in [0.1, 0.15) is 12.2 Å².